The minimum Gasteiger partial charge on any atom is -0.392 e. The highest BCUT2D eigenvalue weighted by Gasteiger charge is 2.38. The van der Waals surface area contributed by atoms with Crippen LogP contribution in [-0.2, 0) is 17.8 Å². The Morgan fingerprint density at radius 3 is 2.18 bits per heavy atom. The second-order valence-corrected chi connectivity index (χ2v) is 8.28. The summed E-state index contributed by atoms with van der Waals surface area (Å²) >= 11 is 0. The maximum Gasteiger partial charge on any atom is 0.240 e. The molecule has 4 heteroatoms. The number of carbonyl (C=O) groups is 1. The molecule has 4 rings (SSSR count). The van der Waals surface area contributed by atoms with E-state index >= 15 is 0 Å². The number of aliphatic hydroxyl groups excluding tert-OH is 1. The highest BCUT2D eigenvalue weighted by molar-refractivity contribution is 5.82. The van der Waals surface area contributed by atoms with Crippen LogP contribution in [0.2, 0.25) is 0 Å². The highest BCUT2D eigenvalue weighted by Crippen LogP contribution is 2.26. The molecular weight excluding hydrogens is 348 g/mol. The van der Waals surface area contributed by atoms with E-state index < -0.39 is 6.10 Å². The van der Waals surface area contributed by atoms with Crippen LogP contribution in [0.3, 0.4) is 0 Å². The van der Waals surface area contributed by atoms with Gasteiger partial charge in [-0.2, -0.15) is 0 Å². The normalized spacial score (nSPS) is 23.8. The van der Waals surface area contributed by atoms with E-state index in [1.54, 1.807) is 0 Å². The predicted octanol–water partition coefficient (Wildman–Crippen LogP) is 3.10. The zero-order chi connectivity index (χ0) is 19.3. The fourth-order valence-electron chi connectivity index (χ4n) is 4.64. The highest BCUT2D eigenvalue weighted by atomic mass is 16.3. The Morgan fingerprint density at radius 2 is 1.54 bits per heavy atom. The third-order valence-electron chi connectivity index (χ3n) is 6.19. The van der Waals surface area contributed by atoms with Crippen molar-refractivity contribution < 1.29 is 9.90 Å². The van der Waals surface area contributed by atoms with Crippen LogP contribution in [0, 0.1) is 5.92 Å². The first-order valence-corrected chi connectivity index (χ1v) is 10.5. The first-order valence-electron chi connectivity index (χ1n) is 10.5. The summed E-state index contributed by atoms with van der Waals surface area (Å²) in [5.41, 5.74) is 2.58. The molecule has 0 spiro atoms. The van der Waals surface area contributed by atoms with E-state index in [0.717, 1.165) is 38.9 Å². The molecule has 148 valence electrons. The number of piperidine rings is 1. The van der Waals surface area contributed by atoms with Gasteiger partial charge < -0.3 is 10.0 Å². The number of nitrogens with zero attached hydrogens (tertiary/aromatic N) is 2. The fourth-order valence-corrected chi connectivity index (χ4v) is 4.64. The number of hydrogen-bond acceptors (Lipinski definition) is 3. The van der Waals surface area contributed by atoms with Crippen LogP contribution in [0.1, 0.15) is 30.4 Å². The maximum atomic E-state index is 13.2. The van der Waals surface area contributed by atoms with Gasteiger partial charge in [-0.25, -0.2) is 0 Å². The quantitative estimate of drug-likeness (QED) is 0.869. The predicted molar refractivity (Wildman–Crippen MR) is 111 cm³/mol. The fraction of sp³-hybridized carbons (Fsp3) is 0.458. The summed E-state index contributed by atoms with van der Waals surface area (Å²) in [4.78, 5) is 17.4. The number of rotatable bonds is 5. The number of benzene rings is 2. The molecule has 0 saturated carbocycles. The smallest absolute Gasteiger partial charge is 0.240 e. The van der Waals surface area contributed by atoms with Gasteiger partial charge in [-0.1, -0.05) is 60.7 Å². The Morgan fingerprint density at radius 1 is 0.929 bits per heavy atom. The molecule has 28 heavy (non-hydrogen) atoms. The summed E-state index contributed by atoms with van der Waals surface area (Å²) in [6.07, 6.45) is 3.37. The second kappa shape index (κ2) is 8.89. The molecule has 2 fully saturated rings. The van der Waals surface area contributed by atoms with Gasteiger partial charge in [0.2, 0.25) is 5.91 Å². The summed E-state index contributed by atoms with van der Waals surface area (Å²) < 4.78 is 0. The van der Waals surface area contributed by atoms with Crippen molar-refractivity contribution in [3.63, 3.8) is 0 Å². The lowest BCUT2D eigenvalue weighted by Crippen LogP contribution is -2.48. The summed E-state index contributed by atoms with van der Waals surface area (Å²) in [7, 11) is 0. The van der Waals surface area contributed by atoms with Crippen molar-refractivity contribution in [2.75, 3.05) is 19.6 Å². The standard InChI is InChI=1S/C24H30N2O2/c27-22-16-23(26(18-22)17-21-9-5-2-6-10-21)24(28)25-13-11-20(12-14-25)15-19-7-3-1-4-8-19/h1-10,20,22-23,27H,11-18H2. The van der Waals surface area contributed by atoms with Gasteiger partial charge in [0.25, 0.3) is 0 Å². The van der Waals surface area contributed by atoms with Crippen LogP contribution < -0.4 is 0 Å². The average Bonchev–Trinajstić information content (AvgIpc) is 3.09. The third kappa shape index (κ3) is 4.62. The Kier molecular flexibility index (Phi) is 6.08. The summed E-state index contributed by atoms with van der Waals surface area (Å²) in [6, 6.07) is 20.7. The van der Waals surface area contributed by atoms with E-state index in [4.69, 9.17) is 0 Å². The molecule has 2 heterocycles. The summed E-state index contributed by atoms with van der Waals surface area (Å²) in [5, 5.41) is 10.2. The monoisotopic (exact) mass is 378 g/mol. The van der Waals surface area contributed by atoms with Crippen LogP contribution in [-0.4, -0.2) is 52.6 Å². The molecule has 1 N–H and O–H groups in total. The van der Waals surface area contributed by atoms with Crippen LogP contribution in [0.15, 0.2) is 60.7 Å². The molecule has 2 saturated heterocycles. The molecule has 2 aliphatic rings. The lowest BCUT2D eigenvalue weighted by Gasteiger charge is -2.35. The first kappa shape index (κ1) is 19.2. The maximum absolute atomic E-state index is 13.2. The molecule has 2 aromatic rings. The van der Waals surface area contributed by atoms with E-state index in [1.165, 1.54) is 11.1 Å². The number of amides is 1. The molecule has 0 bridgehead atoms. The molecular formula is C24H30N2O2. The van der Waals surface area contributed by atoms with Gasteiger partial charge in [0.05, 0.1) is 12.1 Å². The van der Waals surface area contributed by atoms with Crippen molar-refractivity contribution in [3.8, 4) is 0 Å². The number of aliphatic hydroxyl groups is 1. The lowest BCUT2D eigenvalue weighted by atomic mass is 9.90. The van der Waals surface area contributed by atoms with Crippen LogP contribution in [0.4, 0.5) is 0 Å². The van der Waals surface area contributed by atoms with E-state index in [9.17, 15) is 9.90 Å². The van der Waals surface area contributed by atoms with Crippen LogP contribution in [0.5, 0.6) is 0 Å². The van der Waals surface area contributed by atoms with Crippen molar-refractivity contribution >= 4 is 5.91 Å². The van der Waals surface area contributed by atoms with Gasteiger partial charge in [0.15, 0.2) is 0 Å². The van der Waals surface area contributed by atoms with Crippen molar-refractivity contribution in [2.24, 2.45) is 5.92 Å². The topological polar surface area (TPSA) is 43.8 Å². The minimum absolute atomic E-state index is 0.194. The Balaban J connectivity index is 1.33. The van der Waals surface area contributed by atoms with Gasteiger partial charge in [-0.3, -0.25) is 9.69 Å². The summed E-state index contributed by atoms with van der Waals surface area (Å²) in [5.74, 6) is 0.853. The SMILES string of the molecule is O=C(C1CC(O)CN1Cc1ccccc1)N1CCC(Cc2ccccc2)CC1. The second-order valence-electron chi connectivity index (χ2n) is 8.28. The largest absolute Gasteiger partial charge is 0.392 e. The number of carbonyl (C=O) groups excluding carboxylic acids is 1. The molecule has 2 aromatic carbocycles. The van der Waals surface area contributed by atoms with E-state index in [2.05, 4.69) is 47.4 Å². The van der Waals surface area contributed by atoms with Crippen molar-refractivity contribution in [2.45, 2.75) is 44.4 Å². The van der Waals surface area contributed by atoms with E-state index in [0.29, 0.717) is 18.9 Å². The molecule has 0 aliphatic carbocycles. The van der Waals surface area contributed by atoms with Crippen LogP contribution >= 0.6 is 0 Å². The number of hydrogen-bond donors (Lipinski definition) is 1. The first-order chi connectivity index (χ1) is 13.7. The Labute approximate surface area is 167 Å². The van der Waals surface area contributed by atoms with E-state index in [1.807, 2.05) is 23.1 Å². The van der Waals surface area contributed by atoms with Crippen molar-refractivity contribution in [1.29, 1.82) is 0 Å². The third-order valence-corrected chi connectivity index (χ3v) is 6.19. The average molecular weight is 379 g/mol. The van der Waals surface area contributed by atoms with Gasteiger partial charge >= 0.3 is 0 Å². The molecule has 2 atom stereocenters. The van der Waals surface area contributed by atoms with Gasteiger partial charge in [-0.05, 0) is 42.7 Å². The number of β-amino-alcohol motifs (C(OH)–C–C–N with tert-alkyl or cyclic N) is 1. The zero-order valence-corrected chi connectivity index (χ0v) is 16.4. The zero-order valence-electron chi connectivity index (χ0n) is 16.4. The van der Waals surface area contributed by atoms with Gasteiger partial charge in [0, 0.05) is 26.2 Å². The molecule has 2 unspecified atom stereocenters. The molecule has 0 aromatic heterocycles. The Bertz CT molecular complexity index is 757. The Hall–Kier alpha value is -2.17. The molecule has 1 amide bonds. The van der Waals surface area contributed by atoms with Crippen LogP contribution in [0.25, 0.3) is 0 Å². The van der Waals surface area contributed by atoms with Crippen molar-refractivity contribution in [1.82, 2.24) is 9.80 Å². The van der Waals surface area contributed by atoms with E-state index in [-0.39, 0.29) is 11.9 Å². The molecule has 0 radical (unpaired) electrons. The number of likely N-dealkylation sites (tertiary alicyclic amines) is 2. The molecule has 4 nitrogen and oxygen atoms in total. The summed E-state index contributed by atoms with van der Waals surface area (Å²) in [6.45, 7) is 2.97. The van der Waals surface area contributed by atoms with Crippen molar-refractivity contribution in [3.05, 3.63) is 71.8 Å². The lowest BCUT2D eigenvalue weighted by molar-refractivity contribution is -0.137. The molecule has 2 aliphatic heterocycles. The van der Waals surface area contributed by atoms with Gasteiger partial charge in [0.1, 0.15) is 0 Å². The van der Waals surface area contributed by atoms with Gasteiger partial charge in [-0.15, -0.1) is 0 Å². The minimum atomic E-state index is -0.409.